The minimum absolute atomic E-state index is 0.0188. The van der Waals surface area contributed by atoms with Crippen LogP contribution in [0.2, 0.25) is 0 Å². The number of Topliss-reactive ketones (excluding diaryl/α,β-unsaturated/α-hetero) is 1. The van der Waals surface area contributed by atoms with E-state index in [-0.39, 0.29) is 41.7 Å². The summed E-state index contributed by atoms with van der Waals surface area (Å²) in [6.07, 6.45) is 5.48. The Morgan fingerprint density at radius 2 is 1.68 bits per heavy atom. The number of aliphatic hydroxyl groups is 1. The first kappa shape index (κ1) is 50.8. The Morgan fingerprint density at radius 3 is 2.29 bits per heavy atom. The molecule has 4 unspecified atom stereocenters. The number of aryl methyl sites for hydroxylation is 1. The average molecular weight is 899 g/mol. The number of ether oxygens (including phenoxy) is 4. The van der Waals surface area contributed by atoms with E-state index in [9.17, 15) is 14.7 Å². The fraction of sp³-hybridized carbons (Fsp3) is 0.771. The summed E-state index contributed by atoms with van der Waals surface area (Å²) in [7, 11) is 6.15. The maximum Gasteiger partial charge on any atom is 0.410 e. The first-order chi connectivity index (χ1) is 29.8. The van der Waals surface area contributed by atoms with Gasteiger partial charge in [-0.1, -0.05) is 62.3 Å². The number of amides is 1. The van der Waals surface area contributed by atoms with Crippen molar-refractivity contribution in [3.8, 4) is 11.3 Å². The first-order valence-corrected chi connectivity index (χ1v) is 25.0. The number of hydrogen-bond donors (Lipinski definition) is 2. The number of nitrogens with zero attached hydrogens (tertiary/aromatic N) is 5. The van der Waals surface area contributed by atoms with Crippen LogP contribution in [0.25, 0.3) is 11.3 Å². The lowest BCUT2D eigenvalue weighted by molar-refractivity contribution is -0.279. The van der Waals surface area contributed by atoms with Crippen LogP contribution >= 0.6 is 8.58 Å². The first-order valence-electron chi connectivity index (χ1n) is 23.5. The van der Waals surface area contributed by atoms with Gasteiger partial charge in [0.1, 0.15) is 23.8 Å². The Balaban J connectivity index is 1.46. The molecule has 3 aliphatic heterocycles. The molecule has 2 N–H and O–H groups in total. The molecule has 0 aromatic carbocycles. The average Bonchev–Trinajstić information content (AvgIpc) is 3.86. The summed E-state index contributed by atoms with van der Waals surface area (Å²) < 4.78 is 28.5. The molecule has 5 rings (SSSR count). The zero-order valence-electron chi connectivity index (χ0n) is 40.6. The number of ketones is 1. The summed E-state index contributed by atoms with van der Waals surface area (Å²) in [6, 6.07) is 3.09. The highest BCUT2D eigenvalue weighted by Crippen LogP contribution is 2.49. The summed E-state index contributed by atoms with van der Waals surface area (Å²) in [4.78, 5) is 56.5. The maximum atomic E-state index is 15.1. The number of cyclic esters (lactones) is 1. The SMILES string of the molecule is CC[C@H]1OC(=O)[C@H](C)C(C)C(C)[C@H](C)[C@@H](OC2O[C@H](C)C[C@H](N(C)C)[C@H]2O)[C@@](C)(PC)C[C@@H](C)C(=O)[C@H](C)[C@H]2N(CCCCn3cnc(-c4ccc(NC)nc4)c3)C(=O)O[C@]12CC. The summed E-state index contributed by atoms with van der Waals surface area (Å²) in [5, 5.41) is 14.2. The number of carbonyl (C=O) groups excluding carboxylic acids is 3. The number of carbonyl (C=O) groups is 3. The van der Waals surface area contributed by atoms with Crippen molar-refractivity contribution in [3.05, 3.63) is 30.9 Å². The van der Waals surface area contributed by atoms with Gasteiger partial charge >= 0.3 is 12.1 Å². The van der Waals surface area contributed by atoms with E-state index in [0.29, 0.717) is 53.8 Å². The van der Waals surface area contributed by atoms with Gasteiger partial charge in [-0.2, -0.15) is 0 Å². The topological polar surface area (TPSA) is 158 Å². The van der Waals surface area contributed by atoms with E-state index in [4.69, 9.17) is 18.9 Å². The molecule has 63 heavy (non-hydrogen) atoms. The van der Waals surface area contributed by atoms with Crippen molar-refractivity contribution in [2.45, 2.75) is 168 Å². The van der Waals surface area contributed by atoms with Gasteiger partial charge in [-0.25, -0.2) is 14.8 Å². The number of fused-ring (bicyclic) bond motifs is 1. The Hall–Kier alpha value is -3.16. The number of esters is 1. The highest BCUT2D eigenvalue weighted by atomic mass is 31.1. The normalized spacial score (nSPS) is 37.4. The molecule has 3 fully saturated rings. The zero-order valence-corrected chi connectivity index (χ0v) is 41.6. The van der Waals surface area contributed by atoms with Crippen molar-refractivity contribution in [2.75, 3.05) is 39.7 Å². The predicted octanol–water partition coefficient (Wildman–Crippen LogP) is 7.73. The van der Waals surface area contributed by atoms with Crippen LogP contribution in [-0.2, 0) is 35.1 Å². The lowest BCUT2D eigenvalue weighted by Crippen LogP contribution is -2.59. The molecule has 5 heterocycles. The number of nitrogens with one attached hydrogen (secondary N) is 1. The molecule has 14 nitrogen and oxygen atoms in total. The van der Waals surface area contributed by atoms with Crippen LogP contribution in [0.15, 0.2) is 30.9 Å². The van der Waals surface area contributed by atoms with Gasteiger partial charge in [-0.15, -0.1) is 8.58 Å². The van der Waals surface area contributed by atoms with Crippen molar-refractivity contribution in [3.63, 3.8) is 0 Å². The smallest absolute Gasteiger partial charge is 0.410 e. The number of unbranched alkanes of at least 4 members (excludes halogenated alkanes) is 1. The summed E-state index contributed by atoms with van der Waals surface area (Å²) in [5.74, 6) is -1.29. The van der Waals surface area contributed by atoms with E-state index in [1.165, 1.54) is 0 Å². The number of anilines is 1. The quantitative estimate of drug-likeness (QED) is 0.115. The largest absolute Gasteiger partial charge is 0.458 e. The molecule has 0 spiro atoms. The third-order valence-corrected chi connectivity index (χ3v) is 16.9. The van der Waals surface area contributed by atoms with E-state index in [1.54, 1.807) is 11.1 Å². The van der Waals surface area contributed by atoms with Crippen molar-refractivity contribution < 1.29 is 38.4 Å². The second kappa shape index (κ2) is 21.4. The number of hydrogen-bond acceptors (Lipinski definition) is 12. The van der Waals surface area contributed by atoms with E-state index in [2.05, 4.69) is 49.6 Å². The molecule has 0 radical (unpaired) electrons. The third-order valence-electron chi connectivity index (χ3n) is 15.3. The predicted molar refractivity (Wildman–Crippen MR) is 249 cm³/mol. The van der Waals surface area contributed by atoms with Gasteiger partial charge in [0.15, 0.2) is 11.9 Å². The molecule has 3 saturated heterocycles. The molecule has 0 bridgehead atoms. The van der Waals surface area contributed by atoms with Gasteiger partial charge in [-0.05, 0) is 96.1 Å². The summed E-state index contributed by atoms with van der Waals surface area (Å²) >= 11 is 0. The molecule has 16 atom stereocenters. The number of aliphatic hydroxyl groups excluding tert-OH is 1. The molecule has 1 amide bonds. The molecular formula is C48H79N6O8P. The number of rotatable bonds is 13. The fourth-order valence-electron chi connectivity index (χ4n) is 10.8. The molecule has 3 aliphatic rings. The highest BCUT2D eigenvalue weighted by Gasteiger charge is 2.61. The Bertz CT molecular complexity index is 1830. The van der Waals surface area contributed by atoms with E-state index in [1.807, 2.05) is 96.8 Å². The lowest BCUT2D eigenvalue weighted by atomic mass is 9.71. The fourth-order valence-corrected chi connectivity index (χ4v) is 11.9. The molecule has 2 aromatic heterocycles. The van der Waals surface area contributed by atoms with Crippen molar-refractivity contribution in [2.24, 2.45) is 35.5 Å². The van der Waals surface area contributed by atoms with Gasteiger partial charge < -0.3 is 43.7 Å². The third kappa shape index (κ3) is 10.8. The van der Waals surface area contributed by atoms with Crippen LogP contribution in [0, 0.1) is 35.5 Å². The Labute approximate surface area is 379 Å². The van der Waals surface area contributed by atoms with Gasteiger partial charge in [0.2, 0.25) is 0 Å². The second-order valence-corrected chi connectivity index (χ2v) is 21.1. The zero-order chi connectivity index (χ0) is 46.6. The minimum atomic E-state index is -1.23. The maximum absolute atomic E-state index is 15.1. The highest BCUT2D eigenvalue weighted by molar-refractivity contribution is 7.39. The van der Waals surface area contributed by atoms with Crippen LogP contribution in [0.5, 0.6) is 0 Å². The number of aromatic nitrogens is 3. The monoisotopic (exact) mass is 899 g/mol. The van der Waals surface area contributed by atoms with Gasteiger partial charge in [0, 0.05) is 61.1 Å². The van der Waals surface area contributed by atoms with Crippen molar-refractivity contribution in [1.82, 2.24) is 24.3 Å². The van der Waals surface area contributed by atoms with E-state index >= 15 is 4.79 Å². The van der Waals surface area contributed by atoms with E-state index < -0.39 is 65.2 Å². The van der Waals surface area contributed by atoms with Crippen LogP contribution in [0.1, 0.15) is 108 Å². The molecule has 0 saturated carbocycles. The number of likely N-dealkylation sites (N-methyl/N-ethyl adjacent to an activating group) is 1. The second-order valence-electron chi connectivity index (χ2n) is 19.5. The molecule has 2 aromatic rings. The lowest BCUT2D eigenvalue weighted by Gasteiger charge is -2.49. The van der Waals surface area contributed by atoms with Gasteiger partial charge in [0.25, 0.3) is 0 Å². The van der Waals surface area contributed by atoms with Crippen LogP contribution in [0.3, 0.4) is 0 Å². The molecular weight excluding hydrogens is 820 g/mol. The van der Waals surface area contributed by atoms with E-state index in [0.717, 1.165) is 23.5 Å². The van der Waals surface area contributed by atoms with Gasteiger partial charge in [-0.3, -0.25) is 9.59 Å². The van der Waals surface area contributed by atoms with Crippen LogP contribution < -0.4 is 5.32 Å². The van der Waals surface area contributed by atoms with Crippen LogP contribution in [0.4, 0.5) is 10.6 Å². The van der Waals surface area contributed by atoms with Gasteiger partial charge in [0.05, 0.1) is 36.2 Å². The van der Waals surface area contributed by atoms with Crippen LogP contribution in [-0.4, -0.2) is 135 Å². The van der Waals surface area contributed by atoms with Crippen molar-refractivity contribution in [1.29, 1.82) is 0 Å². The molecule has 0 aliphatic carbocycles. The standard InChI is InChI=1S/C48H79N6O8P/c1-15-38-48(16-2)42(54(46(58)62-48)22-18-17-21-53-26-36(51-27-53)35-19-20-39(49-11)50-25-35)34(9)40(55)28(3)24-47(10,63-14)43(32(7)30(5)31(6)33(8)44(57)60-38)61-45-41(56)37(52(12)13)23-29(4)59-45/h19-20,25-34,37-38,41-43,45,56,63H,15-18,21-24H2,1-14H3,(H,49,50)/t28-,29-,30?,31?,32+,33-,34+,37+,38-,41-,42-,43-,45?,47+,48-/m1/s1. The number of pyridine rings is 1. The Morgan fingerprint density at radius 1 is 0.984 bits per heavy atom. The summed E-state index contributed by atoms with van der Waals surface area (Å²) in [5.41, 5.74) is 0.521. The summed E-state index contributed by atoms with van der Waals surface area (Å²) in [6.45, 7) is 23.6. The Kier molecular flexibility index (Phi) is 17.3. The molecule has 354 valence electrons. The van der Waals surface area contributed by atoms with Crippen molar-refractivity contribution >= 4 is 32.2 Å². The molecule has 15 heteroatoms. The minimum Gasteiger partial charge on any atom is -0.458 e. The number of imidazole rings is 1.